The molecule has 0 aliphatic heterocycles. The minimum Gasteiger partial charge on any atom is -0.463 e. The van der Waals surface area contributed by atoms with E-state index < -0.39 is 26.5 Å². The summed E-state index contributed by atoms with van der Waals surface area (Å²) >= 11 is 0. The summed E-state index contributed by atoms with van der Waals surface area (Å²) < 4.78 is 26.9. The smallest absolute Gasteiger partial charge is 0.463 e. The van der Waals surface area contributed by atoms with Crippen LogP contribution in [0.1, 0.15) is 226 Å². The second-order valence-electron chi connectivity index (χ2n) is 15.7. The Labute approximate surface area is 344 Å². The number of aliphatic hydroxyl groups is 1. The molecule has 0 heterocycles. The predicted octanol–water partition coefficient (Wildman–Crippen LogP) is 13.2. The van der Waals surface area contributed by atoms with Gasteiger partial charge in [-0.05, 0) is 44.9 Å². The zero-order valence-electron chi connectivity index (χ0n) is 36.3. The Morgan fingerprint density at radius 3 is 1.46 bits per heavy atom. The van der Waals surface area contributed by atoms with Crippen molar-refractivity contribution in [3.8, 4) is 0 Å². The van der Waals surface area contributed by atoms with E-state index in [4.69, 9.17) is 13.8 Å². The highest BCUT2D eigenvalue weighted by Crippen LogP contribution is 2.42. The first-order valence-corrected chi connectivity index (χ1v) is 24.8. The lowest BCUT2D eigenvalue weighted by atomic mass is 10.0. The van der Waals surface area contributed by atoms with E-state index in [1.165, 1.54) is 135 Å². The summed E-state index contributed by atoms with van der Waals surface area (Å²) in [5.41, 5.74) is 0. The Morgan fingerprint density at radius 2 is 0.964 bits per heavy atom. The number of esters is 1. The molecule has 0 saturated carbocycles. The van der Waals surface area contributed by atoms with Crippen LogP contribution in [0, 0.1) is 0 Å². The number of aliphatic hydroxyl groups excluding tert-OH is 1. The van der Waals surface area contributed by atoms with E-state index >= 15 is 0 Å². The molecule has 0 aliphatic carbocycles. The summed E-state index contributed by atoms with van der Waals surface area (Å²) in [4.78, 5) is 33.9. The number of nitrogens with one attached hydrogen (secondary N) is 1. The van der Waals surface area contributed by atoms with Crippen molar-refractivity contribution in [2.45, 2.75) is 232 Å². The second kappa shape index (κ2) is 43.1. The van der Waals surface area contributed by atoms with E-state index in [0.29, 0.717) is 6.42 Å². The fourth-order valence-electron chi connectivity index (χ4n) is 6.59. The highest BCUT2D eigenvalue weighted by molar-refractivity contribution is 7.47. The average molecular weight is 814 g/mol. The molecule has 0 rings (SSSR count). The molecular weight excluding hydrogens is 725 g/mol. The SMILES string of the molecule is CCCCC/C=C\C/C=C\CCCCCCCC(=O)OCC(O)COP(=O)(O)OCCNC(=O)CCCCCCCCCCCCCCCCCCCCCC. The van der Waals surface area contributed by atoms with Crippen LogP contribution in [0.15, 0.2) is 24.3 Å². The Hall–Kier alpha value is -1.51. The Kier molecular flexibility index (Phi) is 41.9. The maximum atomic E-state index is 12.1. The molecule has 0 aromatic heterocycles. The zero-order valence-corrected chi connectivity index (χ0v) is 37.2. The molecule has 0 saturated heterocycles. The van der Waals surface area contributed by atoms with Crippen LogP contribution in [0.25, 0.3) is 0 Å². The highest BCUT2D eigenvalue weighted by Gasteiger charge is 2.23. The highest BCUT2D eigenvalue weighted by atomic mass is 31.2. The van der Waals surface area contributed by atoms with E-state index in [1.807, 2.05) is 0 Å². The van der Waals surface area contributed by atoms with Gasteiger partial charge >= 0.3 is 13.8 Å². The molecule has 2 atom stereocenters. The number of hydrogen-bond donors (Lipinski definition) is 3. The van der Waals surface area contributed by atoms with Gasteiger partial charge in [0.05, 0.1) is 13.2 Å². The molecule has 0 aliphatic rings. The number of ether oxygens (including phenoxy) is 1. The van der Waals surface area contributed by atoms with E-state index in [-0.39, 0.29) is 32.1 Å². The summed E-state index contributed by atoms with van der Waals surface area (Å²) in [6.45, 7) is 3.54. The molecule has 56 heavy (non-hydrogen) atoms. The maximum Gasteiger partial charge on any atom is 0.472 e. The molecule has 0 radical (unpaired) electrons. The van der Waals surface area contributed by atoms with Crippen molar-refractivity contribution in [2.24, 2.45) is 0 Å². The van der Waals surface area contributed by atoms with Crippen molar-refractivity contribution in [3.05, 3.63) is 24.3 Å². The van der Waals surface area contributed by atoms with Crippen LogP contribution >= 0.6 is 7.82 Å². The van der Waals surface area contributed by atoms with E-state index in [9.17, 15) is 24.2 Å². The standard InChI is InChI=1S/C46H88NO8P/c1-3-5-7-9-11-13-15-17-19-20-21-22-23-25-26-28-30-32-34-36-38-45(49)47-40-41-54-56(51,52)55-43-44(48)42-53-46(50)39-37-35-33-31-29-27-24-18-16-14-12-10-8-6-4-2/h12,14,18,24,44,48H,3-11,13,15-17,19-23,25-43H2,1-2H3,(H,47,49)(H,51,52)/b14-12-,24-18-. The first-order chi connectivity index (χ1) is 27.3. The molecule has 2 unspecified atom stereocenters. The number of carbonyl (C=O) groups is 2. The van der Waals surface area contributed by atoms with Gasteiger partial charge in [0, 0.05) is 19.4 Å². The number of phosphoric acid groups is 1. The number of rotatable bonds is 44. The van der Waals surface area contributed by atoms with E-state index in [2.05, 4.69) is 43.5 Å². The summed E-state index contributed by atoms with van der Waals surface area (Å²) in [6.07, 6.45) is 46.8. The van der Waals surface area contributed by atoms with Crippen LogP contribution in [0.3, 0.4) is 0 Å². The number of unbranched alkanes of at least 4 members (excludes halogenated alkanes) is 27. The molecule has 330 valence electrons. The van der Waals surface area contributed by atoms with Gasteiger partial charge in [-0.15, -0.1) is 0 Å². The lowest BCUT2D eigenvalue weighted by molar-refractivity contribution is -0.147. The molecule has 0 bridgehead atoms. The first-order valence-electron chi connectivity index (χ1n) is 23.3. The van der Waals surface area contributed by atoms with Crippen molar-refractivity contribution < 1.29 is 37.9 Å². The molecule has 10 heteroatoms. The Balaban J connectivity index is 3.56. The average Bonchev–Trinajstić information content (AvgIpc) is 3.18. The largest absolute Gasteiger partial charge is 0.472 e. The van der Waals surface area contributed by atoms with E-state index in [1.54, 1.807) is 0 Å². The molecule has 1 amide bonds. The predicted molar refractivity (Wildman–Crippen MR) is 234 cm³/mol. The molecule has 0 spiro atoms. The summed E-state index contributed by atoms with van der Waals surface area (Å²) in [5, 5.41) is 12.7. The quantitative estimate of drug-likeness (QED) is 0.0240. The van der Waals surface area contributed by atoms with E-state index in [0.717, 1.165) is 64.2 Å². The number of amides is 1. The summed E-state index contributed by atoms with van der Waals surface area (Å²) in [6, 6.07) is 0. The third-order valence-corrected chi connectivity index (χ3v) is 11.1. The maximum absolute atomic E-state index is 12.1. The lowest BCUT2D eigenvalue weighted by Gasteiger charge is -2.15. The van der Waals surface area contributed by atoms with Gasteiger partial charge in [0.25, 0.3) is 0 Å². The van der Waals surface area contributed by atoms with Crippen molar-refractivity contribution in [1.29, 1.82) is 0 Å². The van der Waals surface area contributed by atoms with Gasteiger partial charge in [-0.3, -0.25) is 18.6 Å². The fraction of sp³-hybridized carbons (Fsp3) is 0.870. The monoisotopic (exact) mass is 814 g/mol. The van der Waals surface area contributed by atoms with Gasteiger partial charge in [-0.2, -0.15) is 0 Å². The molecule has 0 aromatic rings. The number of phosphoric ester groups is 1. The van der Waals surface area contributed by atoms with Crippen LogP contribution in [-0.2, 0) is 27.9 Å². The third kappa shape index (κ3) is 43.6. The molecule has 0 fully saturated rings. The topological polar surface area (TPSA) is 131 Å². The van der Waals surface area contributed by atoms with Gasteiger partial charge in [0.1, 0.15) is 12.7 Å². The van der Waals surface area contributed by atoms with Crippen molar-refractivity contribution in [1.82, 2.24) is 5.32 Å². The normalized spacial score (nSPS) is 13.4. The second-order valence-corrected chi connectivity index (χ2v) is 17.2. The van der Waals surface area contributed by atoms with Crippen LogP contribution in [0.4, 0.5) is 0 Å². The third-order valence-electron chi connectivity index (χ3n) is 10.1. The zero-order chi connectivity index (χ0) is 41.1. The molecule has 0 aromatic carbocycles. The van der Waals surface area contributed by atoms with Crippen LogP contribution < -0.4 is 5.32 Å². The number of hydrogen-bond acceptors (Lipinski definition) is 7. The minimum atomic E-state index is -4.42. The van der Waals surface area contributed by atoms with Crippen molar-refractivity contribution in [3.63, 3.8) is 0 Å². The van der Waals surface area contributed by atoms with Crippen LogP contribution in [0.2, 0.25) is 0 Å². The molecular formula is C46H88NO8P. The van der Waals surface area contributed by atoms with Gasteiger partial charge in [-0.25, -0.2) is 4.57 Å². The van der Waals surface area contributed by atoms with Gasteiger partial charge in [0.2, 0.25) is 5.91 Å². The minimum absolute atomic E-state index is 0.0836. The summed E-state index contributed by atoms with van der Waals surface area (Å²) in [5.74, 6) is -0.522. The van der Waals surface area contributed by atoms with Crippen molar-refractivity contribution >= 4 is 19.7 Å². The number of allylic oxidation sites excluding steroid dienone is 4. The van der Waals surface area contributed by atoms with Gasteiger partial charge < -0.3 is 20.1 Å². The first kappa shape index (κ1) is 54.5. The Morgan fingerprint density at radius 1 is 0.554 bits per heavy atom. The van der Waals surface area contributed by atoms with Crippen LogP contribution in [0.5, 0.6) is 0 Å². The lowest BCUT2D eigenvalue weighted by Crippen LogP contribution is -2.27. The summed E-state index contributed by atoms with van der Waals surface area (Å²) in [7, 11) is -4.42. The molecule has 3 N–H and O–H groups in total. The van der Waals surface area contributed by atoms with Gasteiger partial charge in [-0.1, -0.05) is 192 Å². The Bertz CT molecular complexity index is 975. The fourth-order valence-corrected chi connectivity index (χ4v) is 7.35. The van der Waals surface area contributed by atoms with Crippen molar-refractivity contribution in [2.75, 3.05) is 26.4 Å². The number of carbonyl (C=O) groups excluding carboxylic acids is 2. The van der Waals surface area contributed by atoms with Crippen LogP contribution in [-0.4, -0.2) is 54.3 Å². The van der Waals surface area contributed by atoms with Gasteiger partial charge in [0.15, 0.2) is 0 Å². The molecule has 9 nitrogen and oxygen atoms in total.